The van der Waals surface area contributed by atoms with E-state index in [1.54, 1.807) is 88.3 Å². The summed E-state index contributed by atoms with van der Waals surface area (Å²) in [7, 11) is -15.9. The number of thioether (sulfide) groups is 1. The quantitative estimate of drug-likeness (QED) is 0.0706. The van der Waals surface area contributed by atoms with Gasteiger partial charge in [0, 0.05) is 22.9 Å². The number of halogens is 1. The third kappa shape index (κ3) is 12.6. The Bertz CT molecular complexity index is 2110. The van der Waals surface area contributed by atoms with Crippen molar-refractivity contribution in [3.8, 4) is 11.5 Å². The number of aliphatic hydroxyl groups is 1. The molecule has 0 aliphatic carbocycles. The van der Waals surface area contributed by atoms with Crippen molar-refractivity contribution in [3.63, 3.8) is 0 Å². The molecule has 3 aromatic rings. The summed E-state index contributed by atoms with van der Waals surface area (Å²) in [6, 6.07) is 18.5. The number of rotatable bonds is 15. The molecule has 5 rings (SSSR count). The molecule has 2 saturated heterocycles. The monoisotopic (exact) mass is 943 g/mol. The summed E-state index contributed by atoms with van der Waals surface area (Å²) in [4.78, 5) is 43.6. The zero-order valence-electron chi connectivity index (χ0n) is 32.4. The maximum Gasteiger partial charge on any atom is 0.374 e. The molecule has 0 radical (unpaired) electrons. The van der Waals surface area contributed by atoms with Crippen LogP contribution < -0.4 is 9.47 Å². The van der Waals surface area contributed by atoms with Crippen molar-refractivity contribution in [2.24, 2.45) is 0 Å². The molecule has 2 aliphatic rings. The lowest BCUT2D eigenvalue weighted by Crippen LogP contribution is -2.38. The highest BCUT2D eigenvalue weighted by Gasteiger charge is 2.67. The van der Waals surface area contributed by atoms with Gasteiger partial charge in [0.2, 0.25) is 17.3 Å². The lowest BCUT2D eigenvalue weighted by molar-refractivity contribution is -0.0615. The fourth-order valence-corrected chi connectivity index (χ4v) is 14.4. The Kier molecular flexibility index (Phi) is 16.8. The van der Waals surface area contributed by atoms with Crippen LogP contribution in [0.5, 0.6) is 11.5 Å². The molecule has 0 spiro atoms. The molecule has 0 bridgehead atoms. The maximum atomic E-state index is 12.9. The fraction of sp³-hybridized carbons (Fsp3) is 0.371. The van der Waals surface area contributed by atoms with Crippen molar-refractivity contribution in [2.45, 2.75) is 60.6 Å². The molecule has 0 amide bonds. The van der Waals surface area contributed by atoms with Gasteiger partial charge in [0.05, 0.1) is 23.8 Å². The van der Waals surface area contributed by atoms with Crippen molar-refractivity contribution in [2.75, 3.05) is 27.2 Å². The van der Waals surface area contributed by atoms with Gasteiger partial charge in [-0.3, -0.25) is 36.4 Å². The predicted octanol–water partition coefficient (Wildman–Crippen LogP) is 8.69. The van der Waals surface area contributed by atoms with E-state index in [9.17, 15) is 42.9 Å². The first-order valence-corrected chi connectivity index (χ1v) is 25.2. The van der Waals surface area contributed by atoms with Gasteiger partial charge in [-0.15, -0.1) is 0 Å². The van der Waals surface area contributed by atoms with Gasteiger partial charge in [0.25, 0.3) is 17.0 Å². The van der Waals surface area contributed by atoms with Crippen LogP contribution in [0.4, 0.5) is 0 Å². The van der Waals surface area contributed by atoms with Gasteiger partial charge in [-0.25, -0.2) is 0 Å². The van der Waals surface area contributed by atoms with E-state index in [1.807, 2.05) is 0 Å². The predicted molar refractivity (Wildman–Crippen MR) is 219 cm³/mol. The lowest BCUT2D eigenvalue weighted by Gasteiger charge is -2.41. The Labute approximate surface area is 350 Å². The molecule has 0 saturated carbocycles. The Morgan fingerprint density at radius 3 is 1.71 bits per heavy atom. The van der Waals surface area contributed by atoms with Crippen LogP contribution in [0, 0.1) is 0 Å². The molecule has 2 fully saturated rings. The molecule has 4 atom stereocenters. The average Bonchev–Trinajstić information content (AvgIpc) is 3.12. The largest absolute Gasteiger partial charge is 0.466 e. The number of para-hydroxylation sites is 2. The van der Waals surface area contributed by atoms with Crippen molar-refractivity contribution in [3.05, 3.63) is 114 Å². The fourth-order valence-electron chi connectivity index (χ4n) is 5.10. The van der Waals surface area contributed by atoms with Gasteiger partial charge in [0.15, 0.2) is 0 Å². The summed E-state index contributed by atoms with van der Waals surface area (Å²) >= 11 is 6.54. The molecule has 4 unspecified atom stereocenters. The minimum atomic E-state index is -5.00. The molecular formula is C35H46ClNO17P4S. The third-order valence-electron chi connectivity index (χ3n) is 7.85. The Balaban J connectivity index is 0.000000261. The zero-order chi connectivity index (χ0) is 44.0. The molecule has 2 aliphatic heterocycles. The second kappa shape index (κ2) is 20.1. The topological polar surface area (TPSA) is 247 Å². The highest BCUT2D eigenvalue weighted by Crippen LogP contribution is 2.80. The molecular weight excluding hydrogens is 898 g/mol. The van der Waals surface area contributed by atoms with Crippen LogP contribution in [0.3, 0.4) is 0 Å². The summed E-state index contributed by atoms with van der Waals surface area (Å²) in [5.74, 6) is 0.160. The van der Waals surface area contributed by atoms with Crippen molar-refractivity contribution in [1.29, 1.82) is 0 Å². The van der Waals surface area contributed by atoms with Crippen LogP contribution in [0.15, 0.2) is 103 Å². The van der Waals surface area contributed by atoms with E-state index >= 15 is 0 Å². The number of hydrogen-bond donors (Lipinski definition) is 5. The summed E-state index contributed by atoms with van der Waals surface area (Å²) in [6.07, 6.45) is -4.06. The average molecular weight is 944 g/mol. The van der Waals surface area contributed by atoms with Crippen LogP contribution in [-0.2, 0) is 45.8 Å². The first-order valence-electron chi connectivity index (χ1n) is 17.5. The second-order valence-electron chi connectivity index (χ2n) is 13.1. The zero-order valence-corrected chi connectivity index (χ0v) is 37.6. The van der Waals surface area contributed by atoms with Crippen LogP contribution in [0.1, 0.15) is 50.9 Å². The standard InChI is InChI=1S/C18H19ClO8P2S.C17H27NO9P2/c1-3-24-12(2)25-16-7-5-4-6-15(16)17-26-28(20,21)18(29(22,23)27-17)30-14-10-8-13(19)9-11-14;1-12(2)24-13(3)25-15-9-7-6-8-14(15)16-26-28(20,21)17(19,10-11-18(4)5)29(22,23)27-16/h4-11,17-18H,2-3H2,1H3,(H,20,21)(H,22,23);6-9,12,16,19H,3,10-11H2,1-2,4-5H3,(H,20,21)(H,22,23). The summed E-state index contributed by atoms with van der Waals surface area (Å²) < 4.78 is 91.6. The van der Waals surface area contributed by atoms with Gasteiger partial charge in [0.1, 0.15) is 11.5 Å². The smallest absolute Gasteiger partial charge is 0.374 e. The van der Waals surface area contributed by atoms with E-state index in [-0.39, 0.29) is 47.2 Å². The van der Waals surface area contributed by atoms with Crippen LogP contribution in [0.25, 0.3) is 0 Å². The molecule has 2 heterocycles. The first kappa shape index (κ1) is 49.2. The second-order valence-corrected chi connectivity index (χ2v) is 23.9. The van der Waals surface area contributed by atoms with E-state index in [0.717, 1.165) is 0 Å². The Morgan fingerprint density at radius 1 is 0.797 bits per heavy atom. The summed E-state index contributed by atoms with van der Waals surface area (Å²) in [5.41, 5.74) is 0.191. The molecule has 5 N–H and O–H groups in total. The molecule has 24 heteroatoms. The van der Waals surface area contributed by atoms with E-state index < -0.39 is 59.2 Å². The normalized spacial score (nSPS) is 30.5. The van der Waals surface area contributed by atoms with E-state index in [2.05, 4.69) is 13.2 Å². The number of nitrogens with zero attached hydrogens (tertiary/aromatic N) is 1. The molecule has 3 aromatic carbocycles. The highest BCUT2D eigenvalue weighted by atomic mass is 35.5. The van der Waals surface area contributed by atoms with Crippen molar-refractivity contribution < 1.29 is 80.0 Å². The van der Waals surface area contributed by atoms with Gasteiger partial charge in [-0.2, -0.15) is 0 Å². The number of benzene rings is 3. The Hall–Kier alpha value is -2.50. The van der Waals surface area contributed by atoms with Crippen LogP contribution in [-0.4, -0.2) is 72.7 Å². The maximum absolute atomic E-state index is 12.9. The molecule has 326 valence electrons. The minimum Gasteiger partial charge on any atom is -0.466 e. The van der Waals surface area contributed by atoms with Gasteiger partial charge < -0.3 is 48.5 Å². The minimum absolute atomic E-state index is 0.0173. The van der Waals surface area contributed by atoms with E-state index in [4.69, 9.17) is 48.6 Å². The SMILES string of the molecule is C=C(OCC)Oc1ccccc1C1OP(=O)(O)C(Sc2ccc(Cl)cc2)P(=O)(O)O1.C=C(Oc1ccccc1C1OP(=O)(O)C(O)(CCN(C)C)P(=O)(O)O1)OC(C)C. The number of hydrogen-bond acceptors (Lipinski definition) is 15. The lowest BCUT2D eigenvalue weighted by atomic mass is 10.2. The molecule has 59 heavy (non-hydrogen) atoms. The van der Waals surface area contributed by atoms with E-state index in [1.165, 1.54) is 24.3 Å². The first-order chi connectivity index (χ1) is 27.4. The van der Waals surface area contributed by atoms with Crippen molar-refractivity contribution in [1.82, 2.24) is 4.90 Å². The molecule has 0 aromatic heterocycles. The summed E-state index contributed by atoms with van der Waals surface area (Å²) in [6.45, 7) is 12.9. The summed E-state index contributed by atoms with van der Waals surface area (Å²) in [5, 5.41) is 8.09. The van der Waals surface area contributed by atoms with Crippen LogP contribution in [0.2, 0.25) is 5.02 Å². The van der Waals surface area contributed by atoms with Crippen molar-refractivity contribution >= 4 is 53.7 Å². The molecule has 18 nitrogen and oxygen atoms in total. The van der Waals surface area contributed by atoms with Gasteiger partial charge >= 0.3 is 30.4 Å². The number of ether oxygens (including phenoxy) is 4. The van der Waals surface area contributed by atoms with E-state index in [0.29, 0.717) is 28.3 Å². The highest BCUT2D eigenvalue weighted by molar-refractivity contribution is 8.12. The van der Waals surface area contributed by atoms with Gasteiger partial charge in [-0.1, -0.05) is 59.8 Å². The Morgan fingerprint density at radius 2 is 1.25 bits per heavy atom. The third-order valence-corrected chi connectivity index (χ3v) is 19.7. The van der Waals surface area contributed by atoms with Gasteiger partial charge in [-0.05, 0) is 84.4 Å². The van der Waals surface area contributed by atoms with Crippen LogP contribution >= 0.6 is 53.7 Å².